The van der Waals surface area contributed by atoms with Crippen LogP contribution in [-0.4, -0.2) is 40.7 Å². The van der Waals surface area contributed by atoms with Gasteiger partial charge in [-0.15, -0.1) is 0 Å². The molecule has 7 nitrogen and oxygen atoms in total. The van der Waals surface area contributed by atoms with Gasteiger partial charge in [0.05, 0.1) is 0 Å². The first kappa shape index (κ1) is 20.7. The molecule has 1 N–H and O–H groups in total. The highest BCUT2D eigenvalue weighted by molar-refractivity contribution is 5.99. The molecule has 0 unspecified atom stereocenters. The molecule has 1 aliphatic rings. The van der Waals surface area contributed by atoms with Crippen LogP contribution in [0.1, 0.15) is 52.5 Å². The van der Waals surface area contributed by atoms with Crippen LogP contribution in [0.3, 0.4) is 0 Å². The van der Waals surface area contributed by atoms with Gasteiger partial charge in [0.2, 0.25) is 5.91 Å². The van der Waals surface area contributed by atoms with Gasteiger partial charge in [0, 0.05) is 6.54 Å². The zero-order valence-electron chi connectivity index (χ0n) is 16.4. The minimum atomic E-state index is -1.29. The van der Waals surface area contributed by atoms with Gasteiger partial charge in [0.15, 0.2) is 0 Å². The number of nitrogens with zero attached hydrogens (tertiary/aromatic N) is 1. The molecule has 1 fully saturated rings. The van der Waals surface area contributed by atoms with Gasteiger partial charge in [-0.1, -0.05) is 43.7 Å². The summed E-state index contributed by atoms with van der Waals surface area (Å²) in [7, 11) is 0. The molecule has 0 aromatic heterocycles. The summed E-state index contributed by atoms with van der Waals surface area (Å²) in [5.41, 5.74) is -1.31. The third-order valence-electron chi connectivity index (χ3n) is 4.30. The molecule has 0 saturated carbocycles. The molecule has 7 heteroatoms. The molecule has 1 aromatic rings. The van der Waals surface area contributed by atoms with Gasteiger partial charge in [-0.2, -0.15) is 4.90 Å². The number of hydrogen-bond donors (Lipinski definition) is 1. The van der Waals surface area contributed by atoms with E-state index in [4.69, 9.17) is 9.47 Å². The number of nitrogens with one attached hydrogen (secondary N) is 1. The van der Waals surface area contributed by atoms with Gasteiger partial charge in [-0.05, 0) is 39.2 Å². The van der Waals surface area contributed by atoms with Crippen LogP contribution in [0.2, 0.25) is 0 Å². The van der Waals surface area contributed by atoms with Crippen LogP contribution in [0.25, 0.3) is 0 Å². The first-order chi connectivity index (χ1) is 12.7. The van der Waals surface area contributed by atoms with E-state index in [0.29, 0.717) is 25.8 Å². The van der Waals surface area contributed by atoms with Crippen LogP contribution in [0.4, 0.5) is 9.59 Å². The van der Waals surface area contributed by atoms with Crippen LogP contribution < -0.4 is 5.32 Å². The SMILES string of the molecule is CCC[C@@]1(N(C(=O)OCc2ccccc2)C(=O)OC(C)(C)C)CCNC1=O. The van der Waals surface area contributed by atoms with E-state index >= 15 is 0 Å². The van der Waals surface area contributed by atoms with Gasteiger partial charge in [-0.3, -0.25) is 4.79 Å². The van der Waals surface area contributed by atoms with E-state index in [2.05, 4.69) is 5.32 Å². The smallest absolute Gasteiger partial charge is 0.420 e. The number of imide groups is 1. The second kappa shape index (κ2) is 8.41. The number of ether oxygens (including phenoxy) is 2. The Morgan fingerprint density at radius 1 is 1.19 bits per heavy atom. The Bertz CT molecular complexity index is 683. The van der Waals surface area contributed by atoms with E-state index in [1.165, 1.54) is 0 Å². The fraction of sp³-hybridized carbons (Fsp3) is 0.550. The van der Waals surface area contributed by atoms with E-state index in [1.807, 2.05) is 37.3 Å². The lowest BCUT2D eigenvalue weighted by Gasteiger charge is -2.37. The maximum Gasteiger partial charge on any atom is 0.420 e. The summed E-state index contributed by atoms with van der Waals surface area (Å²) in [4.78, 5) is 39.2. The fourth-order valence-electron chi connectivity index (χ4n) is 3.15. The topological polar surface area (TPSA) is 84.9 Å². The van der Waals surface area contributed by atoms with E-state index in [0.717, 1.165) is 10.5 Å². The predicted molar refractivity (Wildman–Crippen MR) is 100.0 cm³/mol. The summed E-state index contributed by atoms with van der Waals surface area (Å²) in [6.45, 7) is 7.42. The van der Waals surface area contributed by atoms with Crippen LogP contribution in [0.15, 0.2) is 30.3 Å². The second-order valence-corrected chi connectivity index (χ2v) is 7.64. The molecule has 0 radical (unpaired) electrons. The molecule has 0 aliphatic carbocycles. The first-order valence-electron chi connectivity index (χ1n) is 9.22. The van der Waals surface area contributed by atoms with E-state index in [-0.39, 0.29) is 12.5 Å². The molecular weight excluding hydrogens is 348 g/mol. The minimum absolute atomic E-state index is 0.00277. The number of carbonyl (C=O) groups is 3. The Balaban J connectivity index is 2.29. The molecule has 0 bridgehead atoms. The van der Waals surface area contributed by atoms with E-state index in [1.54, 1.807) is 20.8 Å². The number of carbonyl (C=O) groups excluding carboxylic acids is 3. The van der Waals surface area contributed by atoms with Gasteiger partial charge in [0.1, 0.15) is 17.7 Å². The molecule has 27 heavy (non-hydrogen) atoms. The number of benzene rings is 1. The minimum Gasteiger partial charge on any atom is -0.444 e. The van der Waals surface area contributed by atoms with E-state index < -0.39 is 23.3 Å². The third kappa shape index (κ3) is 4.99. The van der Waals surface area contributed by atoms with Gasteiger partial charge in [0.25, 0.3) is 0 Å². The normalized spacial score (nSPS) is 19.3. The van der Waals surface area contributed by atoms with Crippen molar-refractivity contribution in [2.75, 3.05) is 6.54 Å². The molecule has 3 amide bonds. The molecule has 148 valence electrons. The van der Waals surface area contributed by atoms with Crippen molar-refractivity contribution < 1.29 is 23.9 Å². The molecular formula is C20H28N2O5. The summed E-state index contributed by atoms with van der Waals surface area (Å²) in [5, 5.41) is 2.73. The maximum atomic E-state index is 12.9. The Hall–Kier alpha value is -2.57. The van der Waals surface area contributed by atoms with Crippen molar-refractivity contribution in [2.24, 2.45) is 0 Å². The highest BCUT2D eigenvalue weighted by Crippen LogP contribution is 2.32. The summed E-state index contributed by atoms with van der Waals surface area (Å²) in [6, 6.07) is 9.15. The zero-order chi connectivity index (χ0) is 20.1. The van der Waals surface area contributed by atoms with Crippen LogP contribution >= 0.6 is 0 Å². The van der Waals surface area contributed by atoms with Gasteiger partial charge < -0.3 is 14.8 Å². The largest absolute Gasteiger partial charge is 0.444 e. The van der Waals surface area contributed by atoms with Crippen LogP contribution in [0, 0.1) is 0 Å². The summed E-state index contributed by atoms with van der Waals surface area (Å²) >= 11 is 0. The van der Waals surface area contributed by atoms with Crippen molar-refractivity contribution in [3.63, 3.8) is 0 Å². The van der Waals surface area contributed by atoms with Crippen molar-refractivity contribution in [1.29, 1.82) is 0 Å². The van der Waals surface area contributed by atoms with Crippen molar-refractivity contribution in [3.05, 3.63) is 35.9 Å². The quantitative estimate of drug-likeness (QED) is 0.848. The van der Waals surface area contributed by atoms with Crippen LogP contribution in [0.5, 0.6) is 0 Å². The van der Waals surface area contributed by atoms with Gasteiger partial charge >= 0.3 is 12.2 Å². The van der Waals surface area contributed by atoms with Crippen molar-refractivity contribution in [2.45, 2.75) is 64.7 Å². The fourth-order valence-corrected chi connectivity index (χ4v) is 3.15. The third-order valence-corrected chi connectivity index (χ3v) is 4.30. The number of rotatable bonds is 5. The summed E-state index contributed by atoms with van der Waals surface area (Å²) in [6.07, 6.45) is -0.444. The molecule has 0 spiro atoms. The number of hydrogen-bond acceptors (Lipinski definition) is 5. The highest BCUT2D eigenvalue weighted by Gasteiger charge is 2.53. The zero-order valence-corrected chi connectivity index (χ0v) is 16.4. The maximum absolute atomic E-state index is 12.9. The van der Waals surface area contributed by atoms with E-state index in [9.17, 15) is 14.4 Å². The summed E-state index contributed by atoms with van der Waals surface area (Å²) in [5.74, 6) is -0.355. The average Bonchev–Trinajstić information content (AvgIpc) is 2.94. The lowest BCUT2D eigenvalue weighted by Crippen LogP contribution is -2.59. The second-order valence-electron chi connectivity index (χ2n) is 7.64. The summed E-state index contributed by atoms with van der Waals surface area (Å²) < 4.78 is 10.8. The van der Waals surface area contributed by atoms with Crippen molar-refractivity contribution in [3.8, 4) is 0 Å². The lowest BCUT2D eigenvalue weighted by molar-refractivity contribution is -0.129. The Labute approximate surface area is 160 Å². The van der Waals surface area contributed by atoms with Crippen LogP contribution in [-0.2, 0) is 20.9 Å². The average molecular weight is 376 g/mol. The first-order valence-corrected chi connectivity index (χ1v) is 9.22. The molecule has 1 aliphatic heterocycles. The molecule has 1 aromatic carbocycles. The lowest BCUT2D eigenvalue weighted by atomic mass is 9.90. The Kier molecular flexibility index (Phi) is 6.46. The Morgan fingerprint density at radius 3 is 2.37 bits per heavy atom. The standard InChI is InChI=1S/C20H28N2O5/c1-5-11-20(12-13-21-16(20)23)22(18(25)27-19(2,3)4)17(24)26-14-15-9-7-6-8-10-15/h6-10H,5,11-14H2,1-4H3,(H,21,23)/t20-/m1/s1. The van der Waals surface area contributed by atoms with Crippen molar-refractivity contribution in [1.82, 2.24) is 10.2 Å². The monoisotopic (exact) mass is 376 g/mol. The van der Waals surface area contributed by atoms with Gasteiger partial charge in [-0.25, -0.2) is 9.59 Å². The molecule has 1 heterocycles. The molecule has 2 rings (SSSR count). The number of amides is 3. The highest BCUT2D eigenvalue weighted by atomic mass is 16.6. The van der Waals surface area contributed by atoms with Crippen molar-refractivity contribution >= 4 is 18.1 Å². The Morgan fingerprint density at radius 2 is 1.85 bits per heavy atom. The molecule has 1 atom stereocenters. The predicted octanol–water partition coefficient (Wildman–Crippen LogP) is 3.62. The molecule has 1 saturated heterocycles.